The summed E-state index contributed by atoms with van der Waals surface area (Å²) >= 11 is 6.31. The van der Waals surface area contributed by atoms with E-state index in [1.165, 1.54) is 6.92 Å². The van der Waals surface area contributed by atoms with Crippen molar-refractivity contribution < 1.29 is 14.4 Å². The second-order valence-corrected chi connectivity index (χ2v) is 9.46. The highest BCUT2D eigenvalue weighted by atomic mass is 127. The van der Waals surface area contributed by atoms with Crippen LogP contribution in [-0.2, 0) is 4.79 Å². The molecule has 6 nitrogen and oxygen atoms in total. The van der Waals surface area contributed by atoms with Crippen LogP contribution in [0.1, 0.15) is 67.7 Å². The van der Waals surface area contributed by atoms with Crippen LogP contribution in [0.25, 0.3) is 0 Å². The van der Waals surface area contributed by atoms with Crippen LogP contribution in [0.5, 0.6) is 0 Å². The molecule has 0 bridgehead atoms. The first-order valence-corrected chi connectivity index (χ1v) is 12.5. The minimum Gasteiger partial charge on any atom is -0.352 e. The lowest BCUT2D eigenvalue weighted by Gasteiger charge is -2.27. The number of nitrogens with zero attached hydrogens (tertiary/aromatic N) is 1. The van der Waals surface area contributed by atoms with E-state index in [0.29, 0.717) is 47.2 Å². The normalized spacial score (nSPS) is 10.5. The largest absolute Gasteiger partial charge is 0.352 e. The summed E-state index contributed by atoms with van der Waals surface area (Å²) in [5.41, 5.74) is 1.54. The summed E-state index contributed by atoms with van der Waals surface area (Å²) in [5.74, 6) is -0.561. The van der Waals surface area contributed by atoms with Crippen molar-refractivity contribution in [1.82, 2.24) is 10.6 Å². The van der Waals surface area contributed by atoms with Crippen molar-refractivity contribution in [3.8, 4) is 0 Å². The van der Waals surface area contributed by atoms with Gasteiger partial charge in [-0.15, -0.1) is 0 Å². The lowest BCUT2D eigenvalue weighted by molar-refractivity contribution is -0.116. The van der Waals surface area contributed by atoms with Crippen molar-refractivity contribution in [1.29, 1.82) is 0 Å². The summed E-state index contributed by atoms with van der Waals surface area (Å²) in [5, 5.41) is 5.80. The van der Waals surface area contributed by atoms with Gasteiger partial charge in [-0.25, -0.2) is 0 Å². The third-order valence-corrected chi connectivity index (χ3v) is 7.10. The lowest BCUT2D eigenvalue weighted by atomic mass is 10.1. The van der Waals surface area contributed by atoms with E-state index in [4.69, 9.17) is 0 Å². The molecular formula is C19H26I3N3O3. The molecule has 3 amide bonds. The highest BCUT2D eigenvalue weighted by Crippen LogP contribution is 2.38. The number of anilines is 1. The van der Waals surface area contributed by atoms with Gasteiger partial charge in [-0.1, -0.05) is 20.8 Å². The summed E-state index contributed by atoms with van der Waals surface area (Å²) in [6.07, 6.45) is 2.40. The molecule has 0 aliphatic rings. The first-order chi connectivity index (χ1) is 13.2. The number of carbonyl (C=O) groups excluding carboxylic acids is 3. The highest BCUT2D eigenvalue weighted by Gasteiger charge is 2.30. The quantitative estimate of drug-likeness (QED) is 0.368. The van der Waals surface area contributed by atoms with Gasteiger partial charge in [-0.3, -0.25) is 14.4 Å². The van der Waals surface area contributed by atoms with Gasteiger partial charge in [0.25, 0.3) is 11.8 Å². The van der Waals surface area contributed by atoms with Crippen LogP contribution in [0.4, 0.5) is 5.69 Å². The number of nitrogens with one attached hydrogen (secondary N) is 2. The van der Waals surface area contributed by atoms with Crippen LogP contribution in [-0.4, -0.2) is 37.4 Å². The standard InChI is InChI=1S/C19H26I3N3O3/c1-5-8-23-18(27)12-14(20)13(19(28)24-9-6-2)16(22)17(15(12)21)25(10-7-3)11(4)26/h5-10H2,1-4H3,(H,23,27)(H,24,28). The van der Waals surface area contributed by atoms with Gasteiger partial charge in [-0.05, 0) is 87.0 Å². The van der Waals surface area contributed by atoms with Crippen molar-refractivity contribution in [2.24, 2.45) is 0 Å². The number of halogens is 3. The van der Waals surface area contributed by atoms with Crippen LogP contribution >= 0.6 is 67.8 Å². The minimum atomic E-state index is -0.224. The Morgan fingerprint density at radius 1 is 0.786 bits per heavy atom. The Hall–Kier alpha value is -0.180. The molecule has 0 aliphatic heterocycles. The van der Waals surface area contributed by atoms with E-state index in [1.54, 1.807) is 4.90 Å². The molecule has 1 aromatic carbocycles. The van der Waals surface area contributed by atoms with E-state index >= 15 is 0 Å². The van der Waals surface area contributed by atoms with E-state index in [1.807, 2.05) is 20.8 Å². The fourth-order valence-electron chi connectivity index (χ4n) is 2.59. The zero-order valence-corrected chi connectivity index (χ0v) is 23.0. The second kappa shape index (κ2) is 12.5. The van der Waals surface area contributed by atoms with E-state index in [-0.39, 0.29) is 17.7 Å². The van der Waals surface area contributed by atoms with Gasteiger partial charge in [0, 0.05) is 30.1 Å². The van der Waals surface area contributed by atoms with Crippen LogP contribution in [0.15, 0.2) is 0 Å². The van der Waals surface area contributed by atoms with E-state index < -0.39 is 0 Å². The van der Waals surface area contributed by atoms with Gasteiger partial charge in [0.1, 0.15) is 0 Å². The summed E-state index contributed by atoms with van der Waals surface area (Å²) in [6.45, 7) is 9.09. The number of amides is 3. The molecule has 0 aromatic heterocycles. The smallest absolute Gasteiger partial charge is 0.253 e. The third kappa shape index (κ3) is 6.16. The van der Waals surface area contributed by atoms with E-state index in [9.17, 15) is 14.4 Å². The minimum absolute atomic E-state index is 0.112. The molecule has 0 fully saturated rings. The Morgan fingerprint density at radius 3 is 1.54 bits per heavy atom. The maximum absolute atomic E-state index is 12.9. The Morgan fingerprint density at radius 2 is 1.21 bits per heavy atom. The molecular weight excluding hydrogens is 699 g/mol. The van der Waals surface area contributed by atoms with Gasteiger partial charge >= 0.3 is 0 Å². The molecule has 1 aromatic rings. The average Bonchev–Trinajstić information content (AvgIpc) is 2.63. The Labute approximate surface area is 207 Å². The molecule has 0 heterocycles. The number of hydrogen-bond donors (Lipinski definition) is 2. The first kappa shape index (κ1) is 25.9. The molecule has 0 saturated carbocycles. The summed E-state index contributed by atoms with van der Waals surface area (Å²) in [7, 11) is 0. The van der Waals surface area contributed by atoms with Crippen molar-refractivity contribution >= 4 is 91.2 Å². The zero-order chi connectivity index (χ0) is 21.4. The number of benzene rings is 1. The maximum atomic E-state index is 12.9. The van der Waals surface area contributed by atoms with Crippen molar-refractivity contribution in [3.05, 3.63) is 21.8 Å². The molecule has 28 heavy (non-hydrogen) atoms. The molecule has 0 unspecified atom stereocenters. The van der Waals surface area contributed by atoms with Crippen molar-refractivity contribution in [2.75, 3.05) is 24.5 Å². The first-order valence-electron chi connectivity index (χ1n) is 9.27. The summed E-state index contributed by atoms with van der Waals surface area (Å²) in [6, 6.07) is 0. The highest BCUT2D eigenvalue weighted by molar-refractivity contribution is 14.1. The average molecular weight is 725 g/mol. The molecule has 0 saturated heterocycles. The van der Waals surface area contributed by atoms with Gasteiger partial charge in [0.05, 0.1) is 24.0 Å². The maximum Gasteiger partial charge on any atom is 0.253 e. The topological polar surface area (TPSA) is 78.5 Å². The molecule has 0 aliphatic carbocycles. The number of carbonyl (C=O) groups is 3. The van der Waals surface area contributed by atoms with Crippen LogP contribution in [0, 0.1) is 10.7 Å². The fraction of sp³-hybridized carbons (Fsp3) is 0.526. The molecule has 156 valence electrons. The predicted molar refractivity (Wildman–Crippen MR) is 138 cm³/mol. The van der Waals surface area contributed by atoms with Gasteiger partial charge < -0.3 is 15.5 Å². The van der Waals surface area contributed by atoms with Crippen LogP contribution < -0.4 is 15.5 Å². The molecule has 1 rings (SSSR count). The van der Waals surface area contributed by atoms with E-state index in [0.717, 1.165) is 19.3 Å². The predicted octanol–water partition coefficient (Wildman–Crippen LogP) is 4.54. The molecule has 0 spiro atoms. The van der Waals surface area contributed by atoms with E-state index in [2.05, 4.69) is 78.4 Å². The Bertz CT molecular complexity index is 707. The van der Waals surface area contributed by atoms with Crippen molar-refractivity contribution in [2.45, 2.75) is 47.0 Å². The number of rotatable bonds is 9. The van der Waals surface area contributed by atoms with Gasteiger partial charge in [0.2, 0.25) is 5.91 Å². The summed E-state index contributed by atoms with van der Waals surface area (Å²) < 4.78 is 1.99. The zero-order valence-electron chi connectivity index (χ0n) is 16.5. The molecule has 2 N–H and O–H groups in total. The Balaban J connectivity index is 3.76. The monoisotopic (exact) mass is 725 g/mol. The number of hydrogen-bond acceptors (Lipinski definition) is 3. The van der Waals surface area contributed by atoms with Gasteiger partial charge in [0.15, 0.2) is 0 Å². The van der Waals surface area contributed by atoms with Gasteiger partial charge in [-0.2, -0.15) is 0 Å². The van der Waals surface area contributed by atoms with Crippen LogP contribution in [0.3, 0.4) is 0 Å². The Kier molecular flexibility index (Phi) is 11.5. The summed E-state index contributed by atoms with van der Waals surface area (Å²) in [4.78, 5) is 39.8. The molecule has 0 atom stereocenters. The molecule has 0 radical (unpaired) electrons. The van der Waals surface area contributed by atoms with Crippen LogP contribution in [0.2, 0.25) is 0 Å². The van der Waals surface area contributed by atoms with Crippen molar-refractivity contribution in [3.63, 3.8) is 0 Å². The third-order valence-electron chi connectivity index (χ3n) is 3.92. The second-order valence-electron chi connectivity index (χ2n) is 6.22. The SMILES string of the molecule is CCCNC(=O)c1c(I)c(C(=O)NCCC)c(I)c(N(CCC)C(C)=O)c1I. The fourth-order valence-corrected chi connectivity index (χ4v) is 7.32. The molecule has 9 heteroatoms. The lowest BCUT2D eigenvalue weighted by Crippen LogP contribution is -2.35.